The third-order valence-corrected chi connectivity index (χ3v) is 5.64. The van der Waals surface area contributed by atoms with E-state index in [1.165, 1.54) is 5.56 Å². The fourth-order valence-corrected chi connectivity index (χ4v) is 4.23. The van der Waals surface area contributed by atoms with Gasteiger partial charge in [0, 0.05) is 11.1 Å². The van der Waals surface area contributed by atoms with Crippen LogP contribution in [-0.4, -0.2) is 8.42 Å². The molecule has 5 heteroatoms. The van der Waals surface area contributed by atoms with Crippen molar-refractivity contribution in [1.29, 1.82) is 0 Å². The predicted octanol–water partition coefficient (Wildman–Crippen LogP) is 4.62. The lowest BCUT2D eigenvalue weighted by atomic mass is 9.96. The number of hydrogen-bond acceptors (Lipinski definition) is 3. The van der Waals surface area contributed by atoms with E-state index in [2.05, 4.69) is 35.9 Å². The van der Waals surface area contributed by atoms with Gasteiger partial charge in [-0.25, -0.2) is 0 Å². The van der Waals surface area contributed by atoms with Crippen molar-refractivity contribution in [2.24, 2.45) is 0 Å². The van der Waals surface area contributed by atoms with E-state index >= 15 is 0 Å². The molecular formula is C21H19NO3S. The minimum Gasteiger partial charge on any atom is -0.370 e. The molecule has 0 saturated heterocycles. The Kier molecular flexibility index (Phi) is 4.05. The van der Waals surface area contributed by atoms with Crippen molar-refractivity contribution in [1.82, 2.24) is 4.72 Å². The molecule has 26 heavy (non-hydrogen) atoms. The second kappa shape index (κ2) is 6.27. The Morgan fingerprint density at radius 2 is 1.42 bits per heavy atom. The van der Waals surface area contributed by atoms with Crippen LogP contribution in [0, 0.1) is 6.92 Å². The minimum atomic E-state index is -3.78. The number of benzene rings is 3. The summed E-state index contributed by atoms with van der Waals surface area (Å²) < 4.78 is 31.6. The Labute approximate surface area is 153 Å². The minimum absolute atomic E-state index is 0.324. The Morgan fingerprint density at radius 1 is 0.846 bits per heavy atom. The molecular weight excluding hydrogens is 346 g/mol. The highest BCUT2D eigenvalue weighted by Gasteiger charge is 2.29. The van der Waals surface area contributed by atoms with Gasteiger partial charge in [0.15, 0.2) is 5.75 Å². The monoisotopic (exact) mass is 365 g/mol. The van der Waals surface area contributed by atoms with Crippen LogP contribution in [0.15, 0.2) is 66.7 Å². The summed E-state index contributed by atoms with van der Waals surface area (Å²) in [5, 5.41) is 0. The number of aryl methyl sites for hydroxylation is 1. The molecule has 0 saturated carbocycles. The highest BCUT2D eigenvalue weighted by atomic mass is 32.2. The normalized spacial score (nSPS) is 18.0. The lowest BCUT2D eigenvalue weighted by molar-refractivity contribution is 0.437. The van der Waals surface area contributed by atoms with E-state index in [0.717, 1.165) is 27.8 Å². The summed E-state index contributed by atoms with van der Waals surface area (Å²) in [7, 11) is -3.78. The zero-order valence-electron chi connectivity index (χ0n) is 14.6. The molecule has 1 N–H and O–H groups in total. The van der Waals surface area contributed by atoms with E-state index in [1.54, 1.807) is 0 Å². The van der Waals surface area contributed by atoms with Crippen LogP contribution < -0.4 is 8.91 Å². The van der Waals surface area contributed by atoms with Crippen LogP contribution in [0.3, 0.4) is 0 Å². The topological polar surface area (TPSA) is 55.4 Å². The first-order valence-electron chi connectivity index (χ1n) is 8.45. The molecule has 0 aromatic heterocycles. The van der Waals surface area contributed by atoms with Crippen molar-refractivity contribution in [3.63, 3.8) is 0 Å². The number of para-hydroxylation sites is 1. The molecule has 1 aliphatic heterocycles. The number of hydrogen-bond donors (Lipinski definition) is 1. The van der Waals surface area contributed by atoms with Crippen LogP contribution in [-0.2, 0) is 10.3 Å². The molecule has 1 atom stereocenters. The van der Waals surface area contributed by atoms with E-state index in [0.29, 0.717) is 5.75 Å². The molecule has 3 aromatic rings. The second-order valence-corrected chi connectivity index (χ2v) is 7.85. The van der Waals surface area contributed by atoms with Gasteiger partial charge in [-0.1, -0.05) is 72.3 Å². The molecule has 0 aliphatic carbocycles. The smallest absolute Gasteiger partial charge is 0.370 e. The quantitative estimate of drug-likeness (QED) is 0.721. The zero-order valence-corrected chi connectivity index (χ0v) is 15.4. The average Bonchev–Trinajstić information content (AvgIpc) is 2.61. The molecule has 3 aromatic carbocycles. The molecule has 0 fully saturated rings. The average molecular weight is 365 g/mol. The van der Waals surface area contributed by atoms with Crippen LogP contribution in [0.25, 0.3) is 22.3 Å². The Hall–Kier alpha value is -2.63. The summed E-state index contributed by atoms with van der Waals surface area (Å²) in [6, 6.07) is 21.8. The molecule has 1 unspecified atom stereocenters. The largest absolute Gasteiger partial charge is 0.383 e. The standard InChI is InChI=1S/C21H19NO3S/c1-14-6-8-16(9-7-14)17-10-12-18(13-11-17)20-5-3-4-19-15(2)22-26(23,24)25-21(19)20/h3-13,15,22H,1-2H3. The lowest BCUT2D eigenvalue weighted by Gasteiger charge is -2.25. The second-order valence-electron chi connectivity index (χ2n) is 6.54. The highest BCUT2D eigenvalue weighted by molar-refractivity contribution is 7.85. The van der Waals surface area contributed by atoms with Crippen LogP contribution in [0.1, 0.15) is 24.1 Å². The van der Waals surface area contributed by atoms with Gasteiger partial charge in [-0.2, -0.15) is 13.1 Å². The van der Waals surface area contributed by atoms with E-state index in [-0.39, 0.29) is 6.04 Å². The summed E-state index contributed by atoms with van der Waals surface area (Å²) in [6.45, 7) is 3.87. The van der Waals surface area contributed by atoms with Gasteiger partial charge in [0.1, 0.15) is 0 Å². The van der Waals surface area contributed by atoms with Gasteiger partial charge in [-0.05, 0) is 30.5 Å². The number of fused-ring (bicyclic) bond motifs is 1. The first-order chi connectivity index (χ1) is 12.4. The maximum Gasteiger partial charge on any atom is 0.383 e. The van der Waals surface area contributed by atoms with Gasteiger partial charge >= 0.3 is 10.3 Å². The third kappa shape index (κ3) is 3.11. The Morgan fingerprint density at radius 3 is 2.08 bits per heavy atom. The first kappa shape index (κ1) is 16.8. The van der Waals surface area contributed by atoms with Gasteiger partial charge in [-0.15, -0.1) is 0 Å². The zero-order chi connectivity index (χ0) is 18.3. The predicted molar refractivity (Wildman–Crippen MR) is 103 cm³/mol. The van der Waals surface area contributed by atoms with Gasteiger partial charge in [0.25, 0.3) is 0 Å². The maximum absolute atomic E-state index is 11.9. The maximum atomic E-state index is 11.9. The summed E-state index contributed by atoms with van der Waals surface area (Å²) in [6.07, 6.45) is 0. The molecule has 0 spiro atoms. The first-order valence-corrected chi connectivity index (χ1v) is 9.86. The van der Waals surface area contributed by atoms with Crippen LogP contribution in [0.2, 0.25) is 0 Å². The molecule has 0 bridgehead atoms. The SMILES string of the molecule is Cc1ccc(-c2ccc(-c3cccc4c3OS(=O)(=O)NC4C)cc2)cc1. The van der Waals surface area contributed by atoms with E-state index in [1.807, 2.05) is 49.4 Å². The van der Waals surface area contributed by atoms with E-state index in [4.69, 9.17) is 4.18 Å². The summed E-state index contributed by atoms with van der Waals surface area (Å²) in [4.78, 5) is 0. The van der Waals surface area contributed by atoms with Crippen molar-refractivity contribution in [2.45, 2.75) is 19.9 Å². The van der Waals surface area contributed by atoms with Crippen molar-refractivity contribution >= 4 is 10.3 Å². The molecule has 1 heterocycles. The van der Waals surface area contributed by atoms with Crippen LogP contribution >= 0.6 is 0 Å². The van der Waals surface area contributed by atoms with Gasteiger partial charge < -0.3 is 4.18 Å². The van der Waals surface area contributed by atoms with E-state index < -0.39 is 10.3 Å². The molecule has 1 aliphatic rings. The fraction of sp³-hybridized carbons (Fsp3) is 0.143. The lowest BCUT2D eigenvalue weighted by Crippen LogP contribution is -2.35. The van der Waals surface area contributed by atoms with Crippen molar-refractivity contribution in [3.8, 4) is 28.0 Å². The summed E-state index contributed by atoms with van der Waals surface area (Å²) in [5.74, 6) is 0.404. The van der Waals surface area contributed by atoms with Gasteiger partial charge in [0.05, 0.1) is 6.04 Å². The van der Waals surface area contributed by atoms with Gasteiger partial charge in [-0.3, -0.25) is 0 Å². The Balaban J connectivity index is 1.75. The fourth-order valence-electron chi connectivity index (χ4n) is 3.22. The highest BCUT2D eigenvalue weighted by Crippen LogP contribution is 2.40. The summed E-state index contributed by atoms with van der Waals surface area (Å²) >= 11 is 0. The Bertz CT molecular complexity index is 1060. The number of rotatable bonds is 2. The molecule has 132 valence electrons. The van der Waals surface area contributed by atoms with Crippen LogP contribution in [0.4, 0.5) is 0 Å². The van der Waals surface area contributed by atoms with Crippen molar-refractivity contribution in [3.05, 3.63) is 77.9 Å². The van der Waals surface area contributed by atoms with Crippen molar-refractivity contribution < 1.29 is 12.6 Å². The summed E-state index contributed by atoms with van der Waals surface area (Å²) in [5.41, 5.74) is 6.01. The molecule has 4 rings (SSSR count). The molecule has 0 amide bonds. The van der Waals surface area contributed by atoms with Gasteiger partial charge in [0.2, 0.25) is 0 Å². The van der Waals surface area contributed by atoms with Crippen LogP contribution in [0.5, 0.6) is 5.75 Å². The third-order valence-electron chi connectivity index (χ3n) is 4.61. The van der Waals surface area contributed by atoms with E-state index in [9.17, 15) is 8.42 Å². The van der Waals surface area contributed by atoms with Crippen molar-refractivity contribution in [2.75, 3.05) is 0 Å². The molecule has 4 nitrogen and oxygen atoms in total. The number of nitrogens with one attached hydrogen (secondary N) is 1. The molecule has 0 radical (unpaired) electrons.